The molecule has 27 heavy (non-hydrogen) atoms. The molecule has 4 rings (SSSR count). The Kier molecular flexibility index (Phi) is 4.53. The van der Waals surface area contributed by atoms with Crippen molar-refractivity contribution in [1.29, 1.82) is 0 Å². The highest BCUT2D eigenvalue weighted by atomic mass is 16.5. The molecule has 2 N–H and O–H groups in total. The first-order valence-electron chi connectivity index (χ1n) is 8.60. The fourth-order valence-corrected chi connectivity index (χ4v) is 2.92. The van der Waals surface area contributed by atoms with Crippen LogP contribution in [0.25, 0.3) is 21.7 Å². The van der Waals surface area contributed by atoms with E-state index in [-0.39, 0.29) is 11.4 Å². The van der Waals surface area contributed by atoms with Crippen LogP contribution in [0.3, 0.4) is 0 Å². The monoisotopic (exact) mass is 359 g/mol. The minimum atomic E-state index is -0.445. The number of ether oxygens (including phenoxy) is 1. The normalized spacial score (nSPS) is 10.8. The second-order valence-electron chi connectivity index (χ2n) is 6.01. The van der Waals surface area contributed by atoms with Gasteiger partial charge in [0.15, 0.2) is 5.82 Å². The van der Waals surface area contributed by atoms with Gasteiger partial charge in [-0.1, -0.05) is 48.5 Å². The standard InChI is InChI=1S/C21H17N3O3/c25-20-16-9-3-4-10-17(16)23-19(24-20)21(26)22-12-13-27-18-11-5-7-14-6-1-2-8-15(14)18/h1-11H,12-13H2,(H,22,26)(H,23,24,25). The van der Waals surface area contributed by atoms with Crippen molar-refractivity contribution in [2.45, 2.75) is 0 Å². The number of fused-ring (bicyclic) bond motifs is 2. The molecule has 0 saturated carbocycles. The zero-order valence-electron chi connectivity index (χ0n) is 14.4. The van der Waals surface area contributed by atoms with E-state index < -0.39 is 5.91 Å². The number of hydrogen-bond acceptors (Lipinski definition) is 4. The van der Waals surface area contributed by atoms with Gasteiger partial charge in [-0.2, -0.15) is 0 Å². The summed E-state index contributed by atoms with van der Waals surface area (Å²) in [6.45, 7) is 0.593. The van der Waals surface area contributed by atoms with Crippen molar-refractivity contribution in [3.8, 4) is 5.75 Å². The summed E-state index contributed by atoms with van der Waals surface area (Å²) in [5.74, 6) is 0.308. The van der Waals surface area contributed by atoms with Crippen molar-refractivity contribution < 1.29 is 9.53 Å². The Morgan fingerprint density at radius 2 is 1.70 bits per heavy atom. The van der Waals surface area contributed by atoms with Crippen LogP contribution >= 0.6 is 0 Å². The van der Waals surface area contributed by atoms with Crippen LogP contribution in [0.1, 0.15) is 10.6 Å². The number of hydrogen-bond donors (Lipinski definition) is 2. The molecule has 0 aliphatic carbocycles. The quantitative estimate of drug-likeness (QED) is 0.537. The number of amides is 1. The van der Waals surface area contributed by atoms with Gasteiger partial charge in [-0.05, 0) is 23.6 Å². The van der Waals surface area contributed by atoms with Gasteiger partial charge in [-0.25, -0.2) is 4.98 Å². The van der Waals surface area contributed by atoms with Gasteiger partial charge in [-0.3, -0.25) is 9.59 Å². The number of para-hydroxylation sites is 1. The van der Waals surface area contributed by atoms with E-state index in [0.717, 1.165) is 16.5 Å². The van der Waals surface area contributed by atoms with Gasteiger partial charge < -0.3 is 15.0 Å². The zero-order valence-corrected chi connectivity index (χ0v) is 14.4. The van der Waals surface area contributed by atoms with Crippen LogP contribution in [0, 0.1) is 0 Å². The summed E-state index contributed by atoms with van der Waals surface area (Å²) in [6, 6.07) is 20.7. The summed E-state index contributed by atoms with van der Waals surface area (Å²) in [5, 5.41) is 5.28. The second kappa shape index (κ2) is 7.29. The maximum absolute atomic E-state index is 12.3. The molecule has 0 atom stereocenters. The number of aromatic nitrogens is 2. The maximum Gasteiger partial charge on any atom is 0.287 e. The first kappa shape index (κ1) is 16.8. The topological polar surface area (TPSA) is 84.1 Å². The molecule has 0 spiro atoms. The van der Waals surface area contributed by atoms with E-state index in [2.05, 4.69) is 15.3 Å². The van der Waals surface area contributed by atoms with E-state index in [1.54, 1.807) is 24.3 Å². The fourth-order valence-electron chi connectivity index (χ4n) is 2.92. The summed E-state index contributed by atoms with van der Waals surface area (Å²) >= 11 is 0. The smallest absolute Gasteiger partial charge is 0.287 e. The SMILES string of the molecule is O=C(NCCOc1cccc2ccccc12)c1nc2ccccc2c(=O)[nH]1. The van der Waals surface area contributed by atoms with E-state index >= 15 is 0 Å². The molecule has 6 heteroatoms. The maximum atomic E-state index is 12.3. The van der Waals surface area contributed by atoms with Crippen LogP contribution in [-0.2, 0) is 0 Å². The number of nitrogens with zero attached hydrogens (tertiary/aromatic N) is 1. The summed E-state index contributed by atoms with van der Waals surface area (Å²) < 4.78 is 5.79. The van der Waals surface area contributed by atoms with Crippen molar-refractivity contribution >= 4 is 27.6 Å². The summed E-state index contributed by atoms with van der Waals surface area (Å²) in [4.78, 5) is 31.0. The van der Waals surface area contributed by atoms with Crippen molar-refractivity contribution in [2.24, 2.45) is 0 Å². The van der Waals surface area contributed by atoms with Gasteiger partial charge in [0.2, 0.25) is 0 Å². The third kappa shape index (κ3) is 3.50. The van der Waals surface area contributed by atoms with Crippen LogP contribution in [0.2, 0.25) is 0 Å². The first-order valence-corrected chi connectivity index (χ1v) is 8.60. The minimum absolute atomic E-state index is 0.0103. The summed E-state index contributed by atoms with van der Waals surface area (Å²) in [6.07, 6.45) is 0. The van der Waals surface area contributed by atoms with Gasteiger partial charge >= 0.3 is 0 Å². The molecule has 1 amide bonds. The molecule has 1 aromatic heterocycles. The Morgan fingerprint density at radius 1 is 0.963 bits per heavy atom. The lowest BCUT2D eigenvalue weighted by atomic mass is 10.1. The minimum Gasteiger partial charge on any atom is -0.491 e. The Labute approximate surface area is 154 Å². The van der Waals surface area contributed by atoms with E-state index in [9.17, 15) is 9.59 Å². The lowest BCUT2D eigenvalue weighted by molar-refractivity contribution is 0.0937. The molecule has 0 fully saturated rings. The number of rotatable bonds is 5. The van der Waals surface area contributed by atoms with Crippen LogP contribution in [0.15, 0.2) is 71.5 Å². The van der Waals surface area contributed by atoms with E-state index in [0.29, 0.717) is 24.1 Å². The molecule has 0 aliphatic heterocycles. The van der Waals surface area contributed by atoms with Crippen LogP contribution < -0.4 is 15.6 Å². The van der Waals surface area contributed by atoms with Crippen molar-refractivity contribution in [3.05, 3.63) is 82.9 Å². The fraction of sp³-hybridized carbons (Fsp3) is 0.0952. The summed E-state index contributed by atoms with van der Waals surface area (Å²) in [5.41, 5.74) is 0.149. The highest BCUT2D eigenvalue weighted by molar-refractivity contribution is 5.92. The Balaban J connectivity index is 1.40. The Bertz CT molecular complexity index is 1180. The third-order valence-corrected chi connectivity index (χ3v) is 4.22. The number of H-pyrrole nitrogens is 1. The van der Waals surface area contributed by atoms with Gasteiger partial charge in [0.05, 0.1) is 17.4 Å². The largest absolute Gasteiger partial charge is 0.491 e. The van der Waals surface area contributed by atoms with E-state index in [1.807, 2.05) is 42.5 Å². The molecule has 0 aliphatic rings. The third-order valence-electron chi connectivity index (χ3n) is 4.22. The highest BCUT2D eigenvalue weighted by Gasteiger charge is 2.11. The molecule has 0 radical (unpaired) electrons. The molecule has 6 nitrogen and oxygen atoms in total. The molecular weight excluding hydrogens is 342 g/mol. The van der Waals surface area contributed by atoms with Gasteiger partial charge in [0.25, 0.3) is 11.5 Å². The van der Waals surface area contributed by atoms with Gasteiger partial charge in [0, 0.05) is 5.39 Å². The summed E-state index contributed by atoms with van der Waals surface area (Å²) in [7, 11) is 0. The van der Waals surface area contributed by atoms with Crippen molar-refractivity contribution in [2.75, 3.05) is 13.2 Å². The first-order chi connectivity index (χ1) is 13.2. The van der Waals surface area contributed by atoms with Crippen LogP contribution in [0.4, 0.5) is 0 Å². The lowest BCUT2D eigenvalue weighted by Crippen LogP contribution is -2.31. The predicted molar refractivity (Wildman–Crippen MR) is 104 cm³/mol. The average molecular weight is 359 g/mol. The highest BCUT2D eigenvalue weighted by Crippen LogP contribution is 2.24. The number of aromatic amines is 1. The molecule has 0 saturated heterocycles. The number of carbonyl (C=O) groups is 1. The molecule has 0 unspecified atom stereocenters. The number of carbonyl (C=O) groups excluding carboxylic acids is 1. The van der Waals surface area contributed by atoms with Crippen LogP contribution in [0.5, 0.6) is 5.75 Å². The molecule has 1 heterocycles. The average Bonchev–Trinajstić information content (AvgIpc) is 2.71. The zero-order chi connectivity index (χ0) is 18.6. The molecule has 134 valence electrons. The lowest BCUT2D eigenvalue weighted by Gasteiger charge is -2.10. The van der Waals surface area contributed by atoms with E-state index in [4.69, 9.17) is 4.74 Å². The molecule has 0 bridgehead atoms. The Morgan fingerprint density at radius 3 is 2.59 bits per heavy atom. The van der Waals surface area contributed by atoms with Gasteiger partial charge in [0.1, 0.15) is 12.4 Å². The van der Waals surface area contributed by atoms with E-state index in [1.165, 1.54) is 0 Å². The predicted octanol–water partition coefficient (Wildman–Crippen LogP) is 2.89. The molecular formula is C21H17N3O3. The number of nitrogens with one attached hydrogen (secondary N) is 2. The molecule has 4 aromatic rings. The van der Waals surface area contributed by atoms with Crippen LogP contribution in [-0.4, -0.2) is 29.0 Å². The van der Waals surface area contributed by atoms with Gasteiger partial charge in [-0.15, -0.1) is 0 Å². The second-order valence-corrected chi connectivity index (χ2v) is 6.01. The van der Waals surface area contributed by atoms with Crippen molar-refractivity contribution in [1.82, 2.24) is 15.3 Å². The van der Waals surface area contributed by atoms with Crippen molar-refractivity contribution in [3.63, 3.8) is 0 Å². The number of benzene rings is 3. The Hall–Kier alpha value is -3.67. The molecule has 3 aromatic carbocycles.